The third-order valence-electron chi connectivity index (χ3n) is 3.47. The van der Waals surface area contributed by atoms with Gasteiger partial charge in [-0.05, 0) is 30.7 Å². The minimum atomic E-state index is -0.153. The molecule has 0 aromatic heterocycles. The van der Waals surface area contributed by atoms with Gasteiger partial charge in [-0.1, -0.05) is 25.1 Å². The van der Waals surface area contributed by atoms with E-state index in [2.05, 4.69) is 13.0 Å². The molecule has 0 heterocycles. The minimum absolute atomic E-state index is 0.0754. The average Bonchev–Trinajstić information content (AvgIpc) is 2.60. The van der Waals surface area contributed by atoms with Crippen LogP contribution in [0, 0.1) is 0 Å². The van der Waals surface area contributed by atoms with Gasteiger partial charge >= 0.3 is 0 Å². The van der Waals surface area contributed by atoms with Crippen LogP contribution in [0.25, 0.3) is 0 Å². The van der Waals surface area contributed by atoms with Gasteiger partial charge in [0.15, 0.2) is 0 Å². The van der Waals surface area contributed by atoms with E-state index in [9.17, 15) is 5.11 Å². The summed E-state index contributed by atoms with van der Waals surface area (Å²) in [6.07, 6.45) is 2.62. The maximum Gasteiger partial charge on any atom is 0.122 e. The molecule has 0 amide bonds. The first-order valence-corrected chi connectivity index (χ1v) is 5.47. The van der Waals surface area contributed by atoms with Crippen molar-refractivity contribution in [3.05, 3.63) is 29.8 Å². The first-order chi connectivity index (χ1) is 7.15. The smallest absolute Gasteiger partial charge is 0.122 e. The fraction of sp³-hybridized carbons (Fsp3) is 0.538. The summed E-state index contributed by atoms with van der Waals surface area (Å²) in [4.78, 5) is 0. The van der Waals surface area contributed by atoms with Gasteiger partial charge < -0.3 is 9.84 Å². The monoisotopic (exact) mass is 206 g/mol. The number of aliphatic hydroxyl groups is 1. The summed E-state index contributed by atoms with van der Waals surface area (Å²) in [7, 11) is 1.70. The van der Waals surface area contributed by atoms with Crippen LogP contribution in [-0.2, 0) is 5.41 Å². The van der Waals surface area contributed by atoms with Gasteiger partial charge in [-0.25, -0.2) is 0 Å². The van der Waals surface area contributed by atoms with Gasteiger partial charge in [0.2, 0.25) is 0 Å². The Morgan fingerprint density at radius 2 is 2.13 bits per heavy atom. The summed E-state index contributed by atoms with van der Waals surface area (Å²) in [6.45, 7) is 2.21. The van der Waals surface area contributed by atoms with Gasteiger partial charge in [-0.3, -0.25) is 0 Å². The molecule has 1 N–H and O–H groups in total. The maximum absolute atomic E-state index is 9.65. The first-order valence-electron chi connectivity index (χ1n) is 5.47. The van der Waals surface area contributed by atoms with Crippen molar-refractivity contribution in [3.8, 4) is 5.75 Å². The van der Waals surface area contributed by atoms with Gasteiger partial charge in [0.05, 0.1) is 13.2 Å². The molecule has 1 aliphatic rings. The van der Waals surface area contributed by atoms with Crippen molar-refractivity contribution in [2.24, 2.45) is 0 Å². The second kappa shape index (κ2) is 3.86. The van der Waals surface area contributed by atoms with Crippen molar-refractivity contribution in [1.29, 1.82) is 0 Å². The largest absolute Gasteiger partial charge is 0.496 e. The summed E-state index contributed by atoms with van der Waals surface area (Å²) < 4.78 is 5.38. The van der Waals surface area contributed by atoms with E-state index in [0.717, 1.165) is 25.0 Å². The van der Waals surface area contributed by atoms with Crippen molar-refractivity contribution < 1.29 is 9.84 Å². The van der Waals surface area contributed by atoms with Gasteiger partial charge in [0.25, 0.3) is 0 Å². The van der Waals surface area contributed by atoms with Crippen LogP contribution in [0.2, 0.25) is 0 Å². The summed E-state index contributed by atoms with van der Waals surface area (Å²) in [5, 5.41) is 9.65. The standard InChI is InChI=1S/C13H18O2/c1-13(8-7-10(14)9-13)11-5-3-4-6-12(11)15-2/h3-6,10,14H,7-9H2,1-2H3. The van der Waals surface area contributed by atoms with Gasteiger partial charge in [0, 0.05) is 5.56 Å². The van der Waals surface area contributed by atoms with Gasteiger partial charge in [-0.15, -0.1) is 0 Å². The molecule has 2 heteroatoms. The van der Waals surface area contributed by atoms with E-state index in [-0.39, 0.29) is 11.5 Å². The molecular formula is C13H18O2. The Balaban J connectivity index is 2.36. The Morgan fingerprint density at radius 1 is 1.40 bits per heavy atom. The van der Waals surface area contributed by atoms with E-state index in [1.807, 2.05) is 18.2 Å². The van der Waals surface area contributed by atoms with Crippen LogP contribution in [0.5, 0.6) is 5.75 Å². The molecule has 2 nitrogen and oxygen atoms in total. The predicted molar refractivity (Wildman–Crippen MR) is 60.2 cm³/mol. The Morgan fingerprint density at radius 3 is 2.73 bits per heavy atom. The second-order valence-corrected chi connectivity index (χ2v) is 4.66. The van der Waals surface area contributed by atoms with E-state index >= 15 is 0 Å². The Kier molecular flexibility index (Phi) is 2.70. The summed E-state index contributed by atoms with van der Waals surface area (Å²) in [5.74, 6) is 0.939. The number of aliphatic hydroxyl groups excluding tert-OH is 1. The van der Waals surface area contributed by atoms with E-state index in [0.29, 0.717) is 0 Å². The summed E-state index contributed by atoms with van der Waals surface area (Å²) in [5.41, 5.74) is 1.30. The van der Waals surface area contributed by atoms with E-state index in [4.69, 9.17) is 4.74 Å². The zero-order chi connectivity index (χ0) is 10.9. The van der Waals surface area contributed by atoms with Crippen molar-refractivity contribution in [1.82, 2.24) is 0 Å². The third-order valence-corrected chi connectivity index (χ3v) is 3.47. The first kappa shape index (κ1) is 10.5. The van der Waals surface area contributed by atoms with Crippen LogP contribution in [0.15, 0.2) is 24.3 Å². The minimum Gasteiger partial charge on any atom is -0.496 e. The normalized spacial score (nSPS) is 30.5. The Bertz CT molecular complexity index is 348. The average molecular weight is 206 g/mol. The molecule has 2 rings (SSSR count). The van der Waals surface area contributed by atoms with E-state index in [1.54, 1.807) is 7.11 Å². The lowest BCUT2D eigenvalue weighted by molar-refractivity contribution is 0.175. The quantitative estimate of drug-likeness (QED) is 0.805. The molecule has 1 aromatic rings. The summed E-state index contributed by atoms with van der Waals surface area (Å²) in [6, 6.07) is 8.12. The lowest BCUT2D eigenvalue weighted by Crippen LogP contribution is -2.19. The lowest BCUT2D eigenvalue weighted by Gasteiger charge is -2.26. The molecule has 0 spiro atoms. The number of benzene rings is 1. The number of para-hydroxylation sites is 1. The topological polar surface area (TPSA) is 29.5 Å². The molecule has 1 fully saturated rings. The highest BCUT2D eigenvalue weighted by Crippen LogP contribution is 2.44. The third kappa shape index (κ3) is 1.86. The van der Waals surface area contributed by atoms with Crippen LogP contribution >= 0.6 is 0 Å². The number of hydrogen-bond donors (Lipinski definition) is 1. The van der Waals surface area contributed by atoms with E-state index in [1.165, 1.54) is 5.56 Å². The predicted octanol–water partition coefficient (Wildman–Crippen LogP) is 2.50. The number of methoxy groups -OCH3 is 1. The fourth-order valence-corrected chi connectivity index (χ4v) is 2.60. The van der Waals surface area contributed by atoms with Crippen molar-refractivity contribution in [2.75, 3.05) is 7.11 Å². The maximum atomic E-state index is 9.65. The molecule has 15 heavy (non-hydrogen) atoms. The van der Waals surface area contributed by atoms with E-state index < -0.39 is 0 Å². The second-order valence-electron chi connectivity index (χ2n) is 4.66. The SMILES string of the molecule is COc1ccccc1C1(C)CCC(O)C1. The number of ether oxygens (including phenoxy) is 1. The lowest BCUT2D eigenvalue weighted by atomic mass is 9.80. The fourth-order valence-electron chi connectivity index (χ4n) is 2.60. The molecule has 1 aromatic carbocycles. The van der Waals surface area contributed by atoms with Gasteiger partial charge in [-0.2, -0.15) is 0 Å². The number of hydrogen-bond acceptors (Lipinski definition) is 2. The number of rotatable bonds is 2. The molecule has 0 saturated heterocycles. The van der Waals surface area contributed by atoms with Crippen LogP contribution in [0.1, 0.15) is 31.7 Å². The van der Waals surface area contributed by atoms with Crippen LogP contribution in [-0.4, -0.2) is 18.3 Å². The molecule has 0 bridgehead atoms. The van der Waals surface area contributed by atoms with Crippen molar-refractivity contribution in [2.45, 2.75) is 37.7 Å². The molecule has 1 aliphatic carbocycles. The van der Waals surface area contributed by atoms with Crippen molar-refractivity contribution >= 4 is 0 Å². The zero-order valence-corrected chi connectivity index (χ0v) is 9.36. The highest BCUT2D eigenvalue weighted by Gasteiger charge is 2.37. The van der Waals surface area contributed by atoms with Crippen molar-refractivity contribution in [3.63, 3.8) is 0 Å². The molecule has 0 radical (unpaired) electrons. The van der Waals surface area contributed by atoms with Gasteiger partial charge in [0.1, 0.15) is 5.75 Å². The van der Waals surface area contributed by atoms with Crippen LogP contribution in [0.3, 0.4) is 0 Å². The Hall–Kier alpha value is -1.02. The highest BCUT2D eigenvalue weighted by molar-refractivity contribution is 5.40. The molecule has 82 valence electrons. The molecule has 1 saturated carbocycles. The molecule has 0 aliphatic heterocycles. The Labute approximate surface area is 90.9 Å². The zero-order valence-electron chi connectivity index (χ0n) is 9.36. The van der Waals surface area contributed by atoms with Crippen LogP contribution < -0.4 is 4.74 Å². The molecule has 2 unspecified atom stereocenters. The summed E-state index contributed by atoms with van der Waals surface area (Å²) >= 11 is 0. The van der Waals surface area contributed by atoms with Crippen LogP contribution in [0.4, 0.5) is 0 Å². The highest BCUT2D eigenvalue weighted by atomic mass is 16.5. The molecule has 2 atom stereocenters. The molecular weight excluding hydrogens is 188 g/mol.